The first-order valence-electron chi connectivity index (χ1n) is 9.51. The zero-order chi connectivity index (χ0) is 22.2. The van der Waals surface area contributed by atoms with Gasteiger partial charge in [0.15, 0.2) is 17.5 Å². The van der Waals surface area contributed by atoms with Crippen LogP contribution < -0.4 is 24.8 Å². The fourth-order valence-corrected chi connectivity index (χ4v) is 3.00. The number of hydrogen-bond acceptors (Lipinski definition) is 7. The number of methoxy groups -OCH3 is 3. The van der Waals surface area contributed by atoms with Gasteiger partial charge in [-0.1, -0.05) is 28.9 Å². The van der Waals surface area contributed by atoms with E-state index in [1.807, 2.05) is 19.1 Å². The van der Waals surface area contributed by atoms with Gasteiger partial charge in [0.05, 0.1) is 21.3 Å². The predicted molar refractivity (Wildman–Crippen MR) is 119 cm³/mol. The number of nitrogens with one attached hydrogen (secondary N) is 2. The average molecular weight is 446 g/mol. The van der Waals surface area contributed by atoms with E-state index in [2.05, 4.69) is 25.8 Å². The molecule has 164 valence electrons. The molecule has 0 fully saturated rings. The number of benzene rings is 2. The van der Waals surface area contributed by atoms with Crippen LogP contribution in [0.15, 0.2) is 45.9 Å². The van der Waals surface area contributed by atoms with Crippen molar-refractivity contribution in [2.24, 2.45) is 4.99 Å². The number of aliphatic imine (C=N–C) groups is 1. The summed E-state index contributed by atoms with van der Waals surface area (Å²) in [5.41, 5.74) is 1.48. The smallest absolute Gasteiger partial charge is 0.248 e. The zero-order valence-electron chi connectivity index (χ0n) is 17.7. The average Bonchev–Trinajstić information content (AvgIpc) is 3.26. The molecule has 31 heavy (non-hydrogen) atoms. The molecule has 0 aliphatic rings. The van der Waals surface area contributed by atoms with Crippen molar-refractivity contribution in [3.05, 3.63) is 47.3 Å². The highest BCUT2D eigenvalue weighted by molar-refractivity contribution is 6.30. The molecule has 3 aromatic rings. The standard InChI is InChI=1S/C21H24ClN5O4/c1-5-23-21(25-15-10-16(28-2)19(30-4)17(11-15)29-3)24-12-18-26-20(27-31-18)13-7-6-8-14(22)9-13/h6-11H,5,12H2,1-4H3,(H2,23,24,25). The van der Waals surface area contributed by atoms with Gasteiger partial charge in [-0.05, 0) is 19.1 Å². The first-order valence-corrected chi connectivity index (χ1v) is 9.89. The number of ether oxygens (including phenoxy) is 3. The van der Waals surface area contributed by atoms with Crippen LogP contribution in [0, 0.1) is 0 Å². The molecular formula is C21H24ClN5O4. The van der Waals surface area contributed by atoms with Crippen LogP contribution in [0.25, 0.3) is 11.4 Å². The van der Waals surface area contributed by atoms with Crippen molar-refractivity contribution in [3.8, 4) is 28.6 Å². The molecule has 0 aliphatic carbocycles. The topological polar surface area (TPSA) is 103 Å². The maximum absolute atomic E-state index is 6.03. The Bertz CT molecular complexity index is 1030. The van der Waals surface area contributed by atoms with Crippen LogP contribution in [0.5, 0.6) is 17.2 Å². The lowest BCUT2D eigenvalue weighted by atomic mass is 10.2. The summed E-state index contributed by atoms with van der Waals surface area (Å²) in [6.45, 7) is 2.82. The molecule has 9 nitrogen and oxygen atoms in total. The Labute approximate surface area is 185 Å². The van der Waals surface area contributed by atoms with Gasteiger partial charge in [-0.25, -0.2) is 4.99 Å². The Hall–Kier alpha value is -3.46. The minimum atomic E-state index is 0.188. The Morgan fingerprint density at radius 1 is 1.10 bits per heavy atom. The van der Waals surface area contributed by atoms with E-state index in [4.69, 9.17) is 30.3 Å². The van der Waals surface area contributed by atoms with E-state index in [0.29, 0.717) is 52.2 Å². The molecule has 2 N–H and O–H groups in total. The number of rotatable bonds is 8. The van der Waals surface area contributed by atoms with Crippen LogP contribution in [0.1, 0.15) is 12.8 Å². The van der Waals surface area contributed by atoms with E-state index in [-0.39, 0.29) is 6.54 Å². The molecule has 1 aromatic heterocycles. The molecule has 0 bridgehead atoms. The summed E-state index contributed by atoms with van der Waals surface area (Å²) in [6, 6.07) is 10.8. The normalized spacial score (nSPS) is 11.2. The van der Waals surface area contributed by atoms with Gasteiger partial charge in [0.1, 0.15) is 6.54 Å². The van der Waals surface area contributed by atoms with E-state index in [1.165, 1.54) is 0 Å². The number of nitrogens with zero attached hydrogens (tertiary/aromatic N) is 3. The van der Waals surface area contributed by atoms with Crippen molar-refractivity contribution in [1.29, 1.82) is 0 Å². The van der Waals surface area contributed by atoms with E-state index in [1.54, 1.807) is 45.6 Å². The van der Waals surface area contributed by atoms with Crippen molar-refractivity contribution < 1.29 is 18.7 Å². The van der Waals surface area contributed by atoms with Gasteiger partial charge in [0, 0.05) is 35.0 Å². The number of hydrogen-bond donors (Lipinski definition) is 2. The molecule has 1 heterocycles. The number of anilines is 1. The van der Waals surface area contributed by atoms with Crippen LogP contribution in [-0.4, -0.2) is 44.0 Å². The van der Waals surface area contributed by atoms with E-state index in [9.17, 15) is 0 Å². The van der Waals surface area contributed by atoms with Crippen LogP contribution in [0.3, 0.4) is 0 Å². The fourth-order valence-electron chi connectivity index (χ4n) is 2.81. The zero-order valence-corrected chi connectivity index (χ0v) is 18.5. The van der Waals surface area contributed by atoms with Gasteiger partial charge in [0.25, 0.3) is 0 Å². The molecule has 0 atom stereocenters. The van der Waals surface area contributed by atoms with Crippen LogP contribution in [0.2, 0.25) is 5.02 Å². The third kappa shape index (κ3) is 5.58. The van der Waals surface area contributed by atoms with Gasteiger partial charge < -0.3 is 29.4 Å². The largest absolute Gasteiger partial charge is 0.493 e. The van der Waals surface area contributed by atoms with Gasteiger partial charge in [-0.15, -0.1) is 0 Å². The minimum absolute atomic E-state index is 0.188. The highest BCUT2D eigenvalue weighted by atomic mass is 35.5. The quantitative estimate of drug-likeness (QED) is 0.396. The van der Waals surface area contributed by atoms with Crippen molar-refractivity contribution in [2.45, 2.75) is 13.5 Å². The van der Waals surface area contributed by atoms with Gasteiger partial charge >= 0.3 is 0 Å². The monoisotopic (exact) mass is 445 g/mol. The molecule has 3 rings (SSSR count). The third-order valence-corrected chi connectivity index (χ3v) is 4.43. The summed E-state index contributed by atoms with van der Waals surface area (Å²) in [5, 5.41) is 11.0. The Morgan fingerprint density at radius 3 is 2.45 bits per heavy atom. The third-order valence-electron chi connectivity index (χ3n) is 4.20. The van der Waals surface area contributed by atoms with E-state index in [0.717, 1.165) is 5.56 Å². The summed E-state index contributed by atoms with van der Waals surface area (Å²) in [6.07, 6.45) is 0. The molecule has 0 aliphatic heterocycles. The maximum Gasteiger partial charge on any atom is 0.248 e. The summed E-state index contributed by atoms with van der Waals surface area (Å²) in [7, 11) is 4.68. The lowest BCUT2D eigenvalue weighted by Gasteiger charge is -2.16. The van der Waals surface area contributed by atoms with Crippen molar-refractivity contribution in [1.82, 2.24) is 15.5 Å². The SMILES string of the molecule is CCNC(=NCc1nc(-c2cccc(Cl)c2)no1)Nc1cc(OC)c(OC)c(OC)c1. The Kier molecular flexibility index (Phi) is 7.55. The highest BCUT2D eigenvalue weighted by Gasteiger charge is 2.14. The molecule has 2 aromatic carbocycles. The maximum atomic E-state index is 6.03. The molecule has 0 saturated carbocycles. The Morgan fingerprint density at radius 2 is 1.84 bits per heavy atom. The number of guanidine groups is 1. The number of aromatic nitrogens is 2. The van der Waals surface area contributed by atoms with Gasteiger partial charge in [0.2, 0.25) is 17.5 Å². The molecule has 0 saturated heterocycles. The molecular weight excluding hydrogens is 422 g/mol. The second-order valence-electron chi connectivity index (χ2n) is 6.26. The Balaban J connectivity index is 1.78. The van der Waals surface area contributed by atoms with Crippen LogP contribution in [0.4, 0.5) is 5.69 Å². The van der Waals surface area contributed by atoms with Crippen molar-refractivity contribution in [2.75, 3.05) is 33.2 Å². The lowest BCUT2D eigenvalue weighted by Crippen LogP contribution is -2.30. The molecule has 10 heteroatoms. The first kappa shape index (κ1) is 22.2. The van der Waals surface area contributed by atoms with Crippen LogP contribution >= 0.6 is 11.6 Å². The summed E-state index contributed by atoms with van der Waals surface area (Å²) in [4.78, 5) is 8.90. The minimum Gasteiger partial charge on any atom is -0.493 e. The fraction of sp³-hybridized carbons (Fsp3) is 0.286. The van der Waals surface area contributed by atoms with E-state index >= 15 is 0 Å². The first-order chi connectivity index (χ1) is 15.1. The predicted octanol–water partition coefficient (Wildman–Crippen LogP) is 3.99. The molecule has 0 radical (unpaired) electrons. The second-order valence-corrected chi connectivity index (χ2v) is 6.69. The summed E-state index contributed by atoms with van der Waals surface area (Å²) in [5.74, 6) is 2.93. The van der Waals surface area contributed by atoms with Gasteiger partial charge in [-0.3, -0.25) is 0 Å². The van der Waals surface area contributed by atoms with Crippen LogP contribution in [-0.2, 0) is 6.54 Å². The summed E-state index contributed by atoms with van der Waals surface area (Å²) < 4.78 is 21.5. The highest BCUT2D eigenvalue weighted by Crippen LogP contribution is 2.39. The lowest BCUT2D eigenvalue weighted by molar-refractivity contribution is 0.324. The van der Waals surface area contributed by atoms with E-state index < -0.39 is 0 Å². The molecule has 0 amide bonds. The molecule has 0 spiro atoms. The molecule has 0 unspecified atom stereocenters. The second kappa shape index (κ2) is 10.5. The van der Waals surface area contributed by atoms with Crippen molar-refractivity contribution >= 4 is 23.2 Å². The van der Waals surface area contributed by atoms with Crippen molar-refractivity contribution in [3.63, 3.8) is 0 Å². The number of halogens is 1. The summed E-state index contributed by atoms with van der Waals surface area (Å²) >= 11 is 6.03. The van der Waals surface area contributed by atoms with Gasteiger partial charge in [-0.2, -0.15) is 4.98 Å².